The molecule has 0 saturated carbocycles. The maximum absolute atomic E-state index is 13.0. The van der Waals surface area contributed by atoms with Gasteiger partial charge in [-0.05, 0) is 46.6 Å². The van der Waals surface area contributed by atoms with Crippen molar-refractivity contribution in [3.05, 3.63) is 56.7 Å². The minimum Gasteiger partial charge on any atom is -0.266 e. The second kappa shape index (κ2) is 4.17. The molecule has 0 spiro atoms. The van der Waals surface area contributed by atoms with Crippen LogP contribution in [0.3, 0.4) is 0 Å². The third-order valence-corrected chi connectivity index (χ3v) is 3.11. The van der Waals surface area contributed by atoms with E-state index < -0.39 is 5.82 Å². The monoisotopic (exact) mass is 282 g/mol. The van der Waals surface area contributed by atoms with E-state index in [9.17, 15) is 9.18 Å². The van der Waals surface area contributed by atoms with Gasteiger partial charge in [0.05, 0.1) is 16.4 Å². The van der Waals surface area contributed by atoms with E-state index in [1.165, 1.54) is 18.2 Å². The number of halogens is 2. The minimum absolute atomic E-state index is 0.300. The Labute approximate surface area is 99.7 Å². The van der Waals surface area contributed by atoms with E-state index in [4.69, 9.17) is 0 Å². The lowest BCUT2D eigenvalue weighted by Crippen LogP contribution is -2.22. The van der Waals surface area contributed by atoms with E-state index in [0.29, 0.717) is 10.2 Å². The molecule has 1 aromatic heterocycles. The molecule has 0 bridgehead atoms. The summed E-state index contributed by atoms with van der Waals surface area (Å²) < 4.78 is 14.6. The van der Waals surface area contributed by atoms with Crippen LogP contribution < -0.4 is 5.56 Å². The van der Waals surface area contributed by atoms with Gasteiger partial charge in [-0.3, -0.25) is 4.79 Å². The van der Waals surface area contributed by atoms with E-state index in [1.807, 2.05) is 0 Å². The summed E-state index contributed by atoms with van der Waals surface area (Å²) in [7, 11) is 0. The van der Waals surface area contributed by atoms with Crippen molar-refractivity contribution < 1.29 is 4.39 Å². The molecule has 0 radical (unpaired) electrons. The van der Waals surface area contributed by atoms with Gasteiger partial charge in [0.15, 0.2) is 0 Å². The molecule has 0 unspecified atom stereocenters. The summed E-state index contributed by atoms with van der Waals surface area (Å²) in [6.07, 6.45) is 1.55. The Balaban J connectivity index is 2.66. The predicted molar refractivity (Wildman–Crippen MR) is 62.2 cm³/mol. The van der Waals surface area contributed by atoms with Crippen molar-refractivity contribution in [3.8, 4) is 5.69 Å². The molecule has 0 fully saturated rings. The molecule has 0 aliphatic heterocycles. The van der Waals surface area contributed by atoms with Gasteiger partial charge in [0.25, 0.3) is 5.56 Å². The van der Waals surface area contributed by atoms with Crippen molar-refractivity contribution in [2.45, 2.75) is 6.92 Å². The molecule has 0 saturated heterocycles. The highest BCUT2D eigenvalue weighted by atomic mass is 79.9. The van der Waals surface area contributed by atoms with E-state index >= 15 is 0 Å². The van der Waals surface area contributed by atoms with Crippen LogP contribution in [-0.2, 0) is 0 Å². The summed E-state index contributed by atoms with van der Waals surface area (Å²) in [6, 6.07) is 5.74. The fraction of sp³-hybridized carbons (Fsp3) is 0.0909. The molecular formula is C11H8BrFN2O. The van der Waals surface area contributed by atoms with Crippen molar-refractivity contribution in [2.24, 2.45) is 0 Å². The smallest absolute Gasteiger partial charge is 0.266 e. The molecule has 0 amide bonds. The minimum atomic E-state index is -0.400. The molecule has 2 rings (SSSR count). The standard InChI is InChI=1S/C11H8BrFN2O/c1-7-6-14-15(11(16)10(7)12)9-4-2-3-8(13)5-9/h2-6H,1H3. The van der Waals surface area contributed by atoms with Crippen molar-refractivity contribution in [1.29, 1.82) is 0 Å². The summed E-state index contributed by atoms with van der Waals surface area (Å²) in [6.45, 7) is 1.77. The molecule has 0 atom stereocenters. The van der Waals surface area contributed by atoms with E-state index in [2.05, 4.69) is 21.0 Å². The molecule has 1 aromatic carbocycles. The zero-order valence-electron chi connectivity index (χ0n) is 8.45. The van der Waals surface area contributed by atoms with E-state index in [0.717, 1.165) is 10.2 Å². The van der Waals surface area contributed by atoms with Gasteiger partial charge in [0, 0.05) is 0 Å². The Morgan fingerprint density at radius 3 is 2.88 bits per heavy atom. The van der Waals surface area contributed by atoms with Crippen LogP contribution in [0.15, 0.2) is 39.7 Å². The molecule has 3 nitrogen and oxygen atoms in total. The topological polar surface area (TPSA) is 34.9 Å². The van der Waals surface area contributed by atoms with Crippen molar-refractivity contribution in [1.82, 2.24) is 9.78 Å². The van der Waals surface area contributed by atoms with Gasteiger partial charge in [-0.2, -0.15) is 9.78 Å². The number of nitrogens with zero attached hydrogens (tertiary/aromatic N) is 2. The third-order valence-electron chi connectivity index (χ3n) is 2.15. The largest absolute Gasteiger partial charge is 0.286 e. The summed E-state index contributed by atoms with van der Waals surface area (Å²) >= 11 is 3.18. The number of rotatable bonds is 1. The number of hydrogen-bond acceptors (Lipinski definition) is 2. The summed E-state index contributed by atoms with van der Waals surface area (Å²) in [5, 5.41) is 3.96. The molecule has 1 heterocycles. The summed E-state index contributed by atoms with van der Waals surface area (Å²) in [5.74, 6) is -0.400. The van der Waals surface area contributed by atoms with Crippen LogP contribution >= 0.6 is 15.9 Å². The first kappa shape index (κ1) is 11.0. The van der Waals surface area contributed by atoms with Crippen molar-refractivity contribution in [2.75, 3.05) is 0 Å². The number of hydrogen-bond donors (Lipinski definition) is 0. The van der Waals surface area contributed by atoms with Gasteiger partial charge < -0.3 is 0 Å². The number of benzene rings is 1. The summed E-state index contributed by atoms with van der Waals surface area (Å²) in [5.41, 5.74) is 0.856. The van der Waals surface area contributed by atoms with Crippen LogP contribution in [0.2, 0.25) is 0 Å². The second-order valence-corrected chi connectivity index (χ2v) is 4.13. The molecule has 82 valence electrons. The van der Waals surface area contributed by atoms with Gasteiger partial charge in [0.1, 0.15) is 5.82 Å². The van der Waals surface area contributed by atoms with Gasteiger partial charge in [-0.1, -0.05) is 6.07 Å². The lowest BCUT2D eigenvalue weighted by atomic mass is 10.3. The second-order valence-electron chi connectivity index (χ2n) is 3.34. The SMILES string of the molecule is Cc1cnn(-c2cccc(F)c2)c(=O)c1Br. The molecule has 0 N–H and O–H groups in total. The van der Waals surface area contributed by atoms with Gasteiger partial charge >= 0.3 is 0 Å². The highest BCUT2D eigenvalue weighted by Gasteiger charge is 2.07. The van der Waals surface area contributed by atoms with Crippen molar-refractivity contribution in [3.63, 3.8) is 0 Å². The first-order chi connectivity index (χ1) is 7.59. The molecule has 0 aliphatic rings. The fourth-order valence-corrected chi connectivity index (χ4v) is 1.58. The van der Waals surface area contributed by atoms with Crippen LogP contribution in [0.1, 0.15) is 5.56 Å². The Morgan fingerprint density at radius 1 is 1.44 bits per heavy atom. The lowest BCUT2D eigenvalue weighted by molar-refractivity contribution is 0.624. The predicted octanol–water partition coefficient (Wildman–Crippen LogP) is 2.44. The maximum Gasteiger partial charge on any atom is 0.286 e. The highest BCUT2D eigenvalue weighted by molar-refractivity contribution is 9.10. The van der Waals surface area contributed by atoms with Crippen LogP contribution in [-0.4, -0.2) is 9.78 Å². The quantitative estimate of drug-likeness (QED) is 0.805. The van der Waals surface area contributed by atoms with Crippen LogP contribution in [0.5, 0.6) is 0 Å². The number of aromatic nitrogens is 2. The van der Waals surface area contributed by atoms with Crippen LogP contribution in [0.25, 0.3) is 5.69 Å². The molecule has 16 heavy (non-hydrogen) atoms. The average Bonchev–Trinajstić information content (AvgIpc) is 2.26. The zero-order valence-corrected chi connectivity index (χ0v) is 10.0. The molecule has 2 aromatic rings. The average molecular weight is 283 g/mol. The Bertz CT molecular complexity index is 595. The first-order valence-corrected chi connectivity index (χ1v) is 5.39. The first-order valence-electron chi connectivity index (χ1n) is 4.60. The fourth-order valence-electron chi connectivity index (χ4n) is 1.31. The zero-order chi connectivity index (χ0) is 11.7. The molecular weight excluding hydrogens is 275 g/mol. The van der Waals surface area contributed by atoms with Gasteiger partial charge in [0.2, 0.25) is 0 Å². The maximum atomic E-state index is 13.0. The van der Waals surface area contributed by atoms with Crippen LogP contribution in [0.4, 0.5) is 4.39 Å². The van der Waals surface area contributed by atoms with Gasteiger partial charge in [-0.15, -0.1) is 0 Å². The van der Waals surface area contributed by atoms with Crippen LogP contribution in [0, 0.1) is 12.7 Å². The van der Waals surface area contributed by atoms with E-state index in [-0.39, 0.29) is 5.56 Å². The lowest BCUT2D eigenvalue weighted by Gasteiger charge is -2.05. The van der Waals surface area contributed by atoms with E-state index in [1.54, 1.807) is 19.2 Å². The Kier molecular flexibility index (Phi) is 2.87. The Morgan fingerprint density at radius 2 is 2.19 bits per heavy atom. The molecule has 5 heteroatoms. The van der Waals surface area contributed by atoms with Gasteiger partial charge in [-0.25, -0.2) is 4.39 Å². The third kappa shape index (κ3) is 1.90. The highest BCUT2D eigenvalue weighted by Crippen LogP contribution is 2.11. The summed E-state index contributed by atoms with van der Waals surface area (Å²) in [4.78, 5) is 11.8. The van der Waals surface area contributed by atoms with Crippen molar-refractivity contribution >= 4 is 15.9 Å². The molecule has 0 aliphatic carbocycles. The number of aryl methyl sites for hydroxylation is 1. The Hall–Kier alpha value is -1.49. The normalized spacial score (nSPS) is 10.4.